The molecule has 0 aliphatic heterocycles. The van der Waals surface area contributed by atoms with Crippen molar-refractivity contribution >= 4 is 32.6 Å². The SMILES string of the molecule is Cc1noc2ccc(N)c(Br)c12. The lowest BCUT2D eigenvalue weighted by Gasteiger charge is -1.97. The molecule has 2 N–H and O–H groups in total. The van der Waals surface area contributed by atoms with Gasteiger partial charge < -0.3 is 10.3 Å². The summed E-state index contributed by atoms with van der Waals surface area (Å²) in [6.45, 7) is 1.88. The summed E-state index contributed by atoms with van der Waals surface area (Å²) in [6.07, 6.45) is 0. The van der Waals surface area contributed by atoms with Crippen LogP contribution in [0.2, 0.25) is 0 Å². The minimum absolute atomic E-state index is 0.703. The topological polar surface area (TPSA) is 52.0 Å². The molecule has 3 nitrogen and oxygen atoms in total. The van der Waals surface area contributed by atoms with Crippen molar-refractivity contribution < 1.29 is 4.52 Å². The molecule has 0 spiro atoms. The van der Waals surface area contributed by atoms with Gasteiger partial charge in [0.25, 0.3) is 0 Å². The van der Waals surface area contributed by atoms with Gasteiger partial charge in [-0.05, 0) is 35.0 Å². The summed E-state index contributed by atoms with van der Waals surface area (Å²) < 4.78 is 5.91. The van der Waals surface area contributed by atoms with E-state index < -0.39 is 0 Å². The summed E-state index contributed by atoms with van der Waals surface area (Å²) in [4.78, 5) is 0. The highest BCUT2D eigenvalue weighted by atomic mass is 79.9. The Bertz CT molecular complexity index is 436. The number of anilines is 1. The van der Waals surface area contributed by atoms with Gasteiger partial charge in [0.15, 0.2) is 5.58 Å². The fraction of sp³-hybridized carbons (Fsp3) is 0.125. The van der Waals surface area contributed by atoms with Crippen LogP contribution in [0.3, 0.4) is 0 Å². The molecule has 0 unspecified atom stereocenters. The Hall–Kier alpha value is -1.03. The Kier molecular flexibility index (Phi) is 1.58. The zero-order valence-corrected chi connectivity index (χ0v) is 8.05. The largest absolute Gasteiger partial charge is 0.398 e. The summed E-state index contributed by atoms with van der Waals surface area (Å²) in [5.41, 5.74) is 8.01. The zero-order valence-electron chi connectivity index (χ0n) is 6.47. The number of hydrogen-bond donors (Lipinski definition) is 1. The summed E-state index contributed by atoms with van der Waals surface area (Å²) in [7, 11) is 0. The highest BCUT2D eigenvalue weighted by Gasteiger charge is 2.09. The van der Waals surface area contributed by atoms with Gasteiger partial charge in [-0.1, -0.05) is 5.16 Å². The van der Waals surface area contributed by atoms with Crippen molar-refractivity contribution in [1.82, 2.24) is 5.16 Å². The van der Waals surface area contributed by atoms with Crippen LogP contribution in [0.25, 0.3) is 11.0 Å². The highest BCUT2D eigenvalue weighted by Crippen LogP contribution is 2.31. The van der Waals surface area contributed by atoms with E-state index in [4.69, 9.17) is 10.3 Å². The molecule has 0 radical (unpaired) electrons. The van der Waals surface area contributed by atoms with Gasteiger partial charge >= 0.3 is 0 Å². The first-order valence-corrected chi connectivity index (χ1v) is 4.29. The van der Waals surface area contributed by atoms with Gasteiger partial charge in [0.1, 0.15) is 0 Å². The number of nitrogens with two attached hydrogens (primary N) is 1. The van der Waals surface area contributed by atoms with E-state index in [1.54, 1.807) is 6.07 Å². The predicted octanol–water partition coefficient (Wildman–Crippen LogP) is 2.48. The van der Waals surface area contributed by atoms with Gasteiger partial charge in [0, 0.05) is 5.69 Å². The average Bonchev–Trinajstić information content (AvgIpc) is 2.41. The normalized spacial score (nSPS) is 10.8. The summed E-state index contributed by atoms with van der Waals surface area (Å²) in [6, 6.07) is 3.60. The first-order chi connectivity index (χ1) is 5.70. The third kappa shape index (κ3) is 0.914. The number of aryl methyl sites for hydroxylation is 1. The second-order valence-electron chi connectivity index (χ2n) is 2.61. The van der Waals surface area contributed by atoms with Crippen molar-refractivity contribution in [2.45, 2.75) is 6.92 Å². The van der Waals surface area contributed by atoms with Gasteiger partial charge in [0.2, 0.25) is 0 Å². The summed E-state index contributed by atoms with van der Waals surface area (Å²) in [5, 5.41) is 4.79. The number of nitrogens with zero attached hydrogens (tertiary/aromatic N) is 1. The van der Waals surface area contributed by atoms with E-state index in [0.717, 1.165) is 21.1 Å². The minimum atomic E-state index is 0.703. The van der Waals surface area contributed by atoms with Crippen LogP contribution in [0, 0.1) is 6.92 Å². The van der Waals surface area contributed by atoms with E-state index in [0.29, 0.717) is 5.69 Å². The molecule has 1 aromatic carbocycles. The van der Waals surface area contributed by atoms with E-state index >= 15 is 0 Å². The van der Waals surface area contributed by atoms with Crippen LogP contribution in [0.4, 0.5) is 5.69 Å². The number of nitrogen functional groups attached to an aromatic ring is 1. The number of halogens is 1. The molecular weight excluding hydrogens is 220 g/mol. The molecule has 4 heteroatoms. The molecule has 62 valence electrons. The van der Waals surface area contributed by atoms with E-state index in [-0.39, 0.29) is 0 Å². The number of hydrogen-bond acceptors (Lipinski definition) is 3. The molecule has 0 amide bonds. The molecule has 0 saturated carbocycles. The fourth-order valence-electron chi connectivity index (χ4n) is 1.15. The first kappa shape index (κ1) is 7.61. The van der Waals surface area contributed by atoms with E-state index in [2.05, 4.69) is 21.1 Å². The lowest BCUT2D eigenvalue weighted by atomic mass is 10.2. The van der Waals surface area contributed by atoms with E-state index in [1.165, 1.54) is 0 Å². The molecule has 12 heavy (non-hydrogen) atoms. The Morgan fingerprint density at radius 3 is 3.00 bits per heavy atom. The second kappa shape index (κ2) is 2.48. The van der Waals surface area contributed by atoms with Gasteiger partial charge in [-0.3, -0.25) is 0 Å². The minimum Gasteiger partial charge on any atom is -0.398 e. The quantitative estimate of drug-likeness (QED) is 0.703. The lowest BCUT2D eigenvalue weighted by Crippen LogP contribution is -1.86. The third-order valence-electron chi connectivity index (χ3n) is 1.78. The Morgan fingerprint density at radius 2 is 2.25 bits per heavy atom. The van der Waals surface area contributed by atoms with Crippen molar-refractivity contribution in [3.8, 4) is 0 Å². The average molecular weight is 227 g/mol. The van der Waals surface area contributed by atoms with Crippen molar-refractivity contribution in [3.05, 3.63) is 22.3 Å². The molecule has 2 aromatic rings. The Balaban J connectivity index is 2.96. The second-order valence-corrected chi connectivity index (χ2v) is 3.40. The molecule has 0 aliphatic rings. The molecule has 0 atom stereocenters. The smallest absolute Gasteiger partial charge is 0.168 e. The first-order valence-electron chi connectivity index (χ1n) is 3.50. The maximum absolute atomic E-state index is 5.70. The van der Waals surface area contributed by atoms with Gasteiger partial charge in [-0.2, -0.15) is 0 Å². The molecule has 0 saturated heterocycles. The number of aromatic nitrogens is 1. The molecule has 0 bridgehead atoms. The summed E-state index contributed by atoms with van der Waals surface area (Å²) in [5.74, 6) is 0. The monoisotopic (exact) mass is 226 g/mol. The molecule has 1 aromatic heterocycles. The van der Waals surface area contributed by atoms with Crippen LogP contribution < -0.4 is 5.73 Å². The fourth-order valence-corrected chi connectivity index (χ4v) is 1.77. The number of benzene rings is 1. The van der Waals surface area contributed by atoms with Crippen molar-refractivity contribution in [3.63, 3.8) is 0 Å². The number of fused-ring (bicyclic) bond motifs is 1. The molecule has 0 aliphatic carbocycles. The van der Waals surface area contributed by atoms with Gasteiger partial charge in [-0.15, -0.1) is 0 Å². The van der Waals surface area contributed by atoms with Crippen LogP contribution in [-0.4, -0.2) is 5.16 Å². The van der Waals surface area contributed by atoms with E-state index in [9.17, 15) is 0 Å². The number of rotatable bonds is 0. The van der Waals surface area contributed by atoms with Crippen LogP contribution in [0.5, 0.6) is 0 Å². The molecule has 1 heterocycles. The summed E-state index contributed by atoms with van der Waals surface area (Å²) >= 11 is 3.39. The Labute approximate surface area is 77.7 Å². The lowest BCUT2D eigenvalue weighted by molar-refractivity contribution is 0.450. The Morgan fingerprint density at radius 1 is 1.50 bits per heavy atom. The van der Waals surface area contributed by atoms with Gasteiger partial charge in [-0.25, -0.2) is 0 Å². The van der Waals surface area contributed by atoms with Crippen molar-refractivity contribution in [2.75, 3.05) is 5.73 Å². The maximum Gasteiger partial charge on any atom is 0.168 e. The van der Waals surface area contributed by atoms with Crippen molar-refractivity contribution in [1.29, 1.82) is 0 Å². The van der Waals surface area contributed by atoms with Crippen LogP contribution in [-0.2, 0) is 0 Å². The molecule has 0 fully saturated rings. The highest BCUT2D eigenvalue weighted by molar-refractivity contribution is 9.10. The van der Waals surface area contributed by atoms with Crippen LogP contribution in [0.15, 0.2) is 21.1 Å². The maximum atomic E-state index is 5.70. The predicted molar refractivity (Wildman–Crippen MR) is 50.9 cm³/mol. The van der Waals surface area contributed by atoms with Crippen LogP contribution >= 0.6 is 15.9 Å². The zero-order chi connectivity index (χ0) is 8.72. The van der Waals surface area contributed by atoms with Crippen LogP contribution in [0.1, 0.15) is 5.69 Å². The van der Waals surface area contributed by atoms with Crippen molar-refractivity contribution in [2.24, 2.45) is 0 Å². The third-order valence-corrected chi connectivity index (χ3v) is 2.63. The molecular formula is C8H7BrN2O. The standard InChI is InChI=1S/C8H7BrN2O/c1-4-7-6(12-11-4)3-2-5(10)8(7)9/h2-3H,10H2,1H3. The van der Waals surface area contributed by atoms with Gasteiger partial charge in [0.05, 0.1) is 15.6 Å². The molecule has 2 rings (SSSR count). The van der Waals surface area contributed by atoms with E-state index in [1.807, 2.05) is 13.0 Å².